The van der Waals surface area contributed by atoms with Crippen LogP contribution in [-0.4, -0.2) is 29.1 Å². The number of rotatable bonds is 2. The van der Waals surface area contributed by atoms with Crippen molar-refractivity contribution in [2.45, 2.75) is 0 Å². The van der Waals surface area contributed by atoms with Gasteiger partial charge in [0.1, 0.15) is 0 Å². The third-order valence-corrected chi connectivity index (χ3v) is 0.943. The molecule has 0 amide bonds. The second-order valence-corrected chi connectivity index (χ2v) is 1.56. The molecule has 0 fully saturated rings. The van der Waals surface area contributed by atoms with Crippen LogP contribution in [0, 0.1) is 5.31 Å². The van der Waals surface area contributed by atoms with E-state index in [-0.39, 0.29) is 0 Å². The number of nitrogens with zero attached hydrogens (tertiary/aromatic N) is 3. The van der Waals surface area contributed by atoms with E-state index in [0.29, 0.717) is 11.7 Å². The van der Waals surface area contributed by atoms with Crippen molar-refractivity contribution < 1.29 is 0 Å². The quantitative estimate of drug-likeness (QED) is 0.510. The van der Waals surface area contributed by atoms with E-state index < -0.39 is 0 Å². The molecule has 10 heavy (non-hydrogen) atoms. The molecule has 50 valence electrons. The number of anilines is 1. The monoisotopic (exact) mass is 135 g/mol. The van der Waals surface area contributed by atoms with E-state index in [4.69, 9.17) is 5.31 Å². The van der Waals surface area contributed by atoms with Crippen LogP contribution in [0.15, 0.2) is 6.33 Å². The summed E-state index contributed by atoms with van der Waals surface area (Å²) in [7, 11) is 2.78. The van der Waals surface area contributed by atoms with Gasteiger partial charge in [0.25, 0.3) is 0 Å². The number of nitrogens with one attached hydrogen (secondary N) is 2. The molecule has 0 atom stereocenters. The molecule has 1 rings (SSSR count). The minimum absolute atomic E-state index is 0.361. The molecule has 2 N–H and O–H groups in total. The van der Waals surface area contributed by atoms with Crippen molar-refractivity contribution in [2.24, 2.45) is 0 Å². The summed E-state index contributed by atoms with van der Waals surface area (Å²) in [6, 6.07) is 0. The molecule has 0 unspecified atom stereocenters. The van der Waals surface area contributed by atoms with Crippen LogP contribution in [0.4, 0.5) is 5.95 Å². The van der Waals surface area contributed by atoms with Crippen molar-refractivity contribution in [1.29, 1.82) is 5.31 Å². The molecule has 0 saturated carbocycles. The molecule has 0 aromatic carbocycles. The second kappa shape index (κ2) is 3.00. The summed E-state index contributed by atoms with van der Waals surface area (Å²) < 4.78 is 0. The van der Waals surface area contributed by atoms with Crippen LogP contribution >= 0.6 is 0 Å². The van der Waals surface area contributed by atoms with Gasteiger partial charge in [-0.05, 0) is 0 Å². The van der Waals surface area contributed by atoms with Crippen molar-refractivity contribution in [2.75, 3.05) is 12.4 Å². The molecular weight excluding hydrogens is 129 g/mol. The molecule has 0 radical (unpaired) electrons. The summed E-state index contributed by atoms with van der Waals surface area (Å²) >= 11 is 0. The molecule has 0 aliphatic rings. The van der Waals surface area contributed by atoms with Crippen molar-refractivity contribution in [1.82, 2.24) is 15.0 Å². The van der Waals surface area contributed by atoms with Gasteiger partial charge in [0, 0.05) is 0 Å². The molecule has 1 heterocycles. The zero-order valence-corrected chi connectivity index (χ0v) is 5.50. The van der Waals surface area contributed by atoms with E-state index in [0.717, 1.165) is 7.07 Å². The van der Waals surface area contributed by atoms with Crippen LogP contribution in [0.5, 0.6) is 0 Å². The Morgan fingerprint density at radius 2 is 2.40 bits per heavy atom. The van der Waals surface area contributed by atoms with E-state index in [1.54, 1.807) is 7.05 Å². The third kappa shape index (κ3) is 1.34. The Kier molecular flexibility index (Phi) is 2.04. The van der Waals surface area contributed by atoms with Crippen LogP contribution in [0.1, 0.15) is 0 Å². The Labute approximate surface area is 58.7 Å². The summed E-state index contributed by atoms with van der Waals surface area (Å²) in [5.41, 5.74) is 0.361. The number of hydrogen-bond acceptors (Lipinski definition) is 5. The first kappa shape index (κ1) is 6.79. The Morgan fingerprint density at radius 1 is 1.60 bits per heavy atom. The minimum atomic E-state index is 0.361. The standard InChI is InChI=1S/C4H6BN5/c1-7-4-9-2-8-3(5-6)10-4/h2,6H,1H3,(H,7,8,9,10). The zero-order chi connectivity index (χ0) is 7.40. The zero-order valence-electron chi connectivity index (χ0n) is 5.50. The van der Waals surface area contributed by atoms with Gasteiger partial charge in [0.05, 0.1) is 0 Å². The Morgan fingerprint density at radius 3 is 3.00 bits per heavy atom. The van der Waals surface area contributed by atoms with E-state index >= 15 is 0 Å². The predicted octanol–water partition coefficient (Wildman–Crippen LogP) is -0.995. The summed E-state index contributed by atoms with van der Waals surface area (Å²) in [6.07, 6.45) is 1.36. The first-order chi connectivity index (χ1) is 4.86. The van der Waals surface area contributed by atoms with Gasteiger partial charge < -0.3 is 0 Å². The van der Waals surface area contributed by atoms with Gasteiger partial charge in [-0.25, -0.2) is 0 Å². The molecule has 1 aromatic rings. The molecule has 0 saturated heterocycles. The van der Waals surface area contributed by atoms with Crippen molar-refractivity contribution in [3.8, 4) is 0 Å². The first-order valence-electron chi connectivity index (χ1n) is 2.74. The molecule has 5 nitrogen and oxygen atoms in total. The van der Waals surface area contributed by atoms with E-state index in [1.165, 1.54) is 6.33 Å². The third-order valence-electron chi connectivity index (χ3n) is 0.943. The van der Waals surface area contributed by atoms with Gasteiger partial charge in [-0.1, -0.05) is 0 Å². The van der Waals surface area contributed by atoms with E-state index in [1.807, 2.05) is 0 Å². The first-order valence-corrected chi connectivity index (χ1v) is 2.74. The van der Waals surface area contributed by atoms with Gasteiger partial charge in [-0.3, -0.25) is 0 Å². The summed E-state index contributed by atoms with van der Waals surface area (Å²) in [5, 5.41) is 9.55. The summed E-state index contributed by atoms with van der Waals surface area (Å²) in [6.45, 7) is 0. The fourth-order valence-electron chi connectivity index (χ4n) is 0.499. The van der Waals surface area contributed by atoms with Crippen LogP contribution < -0.4 is 11.0 Å². The molecule has 1 aromatic heterocycles. The maximum absolute atomic E-state index is 6.81. The number of hydrogen-bond donors (Lipinski definition) is 2. The molecule has 6 heteroatoms. The van der Waals surface area contributed by atoms with Gasteiger partial charge in [0.2, 0.25) is 0 Å². The summed E-state index contributed by atoms with van der Waals surface area (Å²) in [4.78, 5) is 11.3. The number of aromatic nitrogens is 3. The second-order valence-electron chi connectivity index (χ2n) is 1.56. The van der Waals surface area contributed by atoms with Crippen molar-refractivity contribution >= 4 is 18.7 Å². The summed E-state index contributed by atoms with van der Waals surface area (Å²) in [5.74, 6) is 0.480. The SMILES string of the molecule is CNc1ncnc(B=N)n1. The van der Waals surface area contributed by atoms with E-state index in [9.17, 15) is 0 Å². The van der Waals surface area contributed by atoms with Crippen molar-refractivity contribution in [3.63, 3.8) is 0 Å². The van der Waals surface area contributed by atoms with Gasteiger partial charge in [-0.15, -0.1) is 0 Å². The Hall–Kier alpha value is -1.33. The van der Waals surface area contributed by atoms with Crippen molar-refractivity contribution in [3.05, 3.63) is 6.33 Å². The fraction of sp³-hybridized carbons (Fsp3) is 0.250. The predicted molar refractivity (Wildman–Crippen MR) is 37.5 cm³/mol. The Balaban J connectivity index is 2.98. The molecule has 0 spiro atoms. The van der Waals surface area contributed by atoms with Gasteiger partial charge in [-0.2, -0.15) is 0 Å². The van der Waals surface area contributed by atoms with Crippen LogP contribution in [0.25, 0.3) is 0 Å². The van der Waals surface area contributed by atoms with Crippen LogP contribution in [0.2, 0.25) is 0 Å². The van der Waals surface area contributed by atoms with Crippen LogP contribution in [-0.2, 0) is 0 Å². The normalized spacial score (nSPS) is 8.50. The van der Waals surface area contributed by atoms with E-state index in [2.05, 4.69) is 20.3 Å². The van der Waals surface area contributed by atoms with Crippen LogP contribution in [0.3, 0.4) is 0 Å². The molecule has 0 aliphatic heterocycles. The fourth-order valence-corrected chi connectivity index (χ4v) is 0.499. The van der Waals surface area contributed by atoms with Gasteiger partial charge in [0.15, 0.2) is 0 Å². The average molecular weight is 135 g/mol. The molecular formula is C4H6BN5. The van der Waals surface area contributed by atoms with Gasteiger partial charge >= 0.3 is 57.7 Å². The molecule has 0 aliphatic carbocycles. The topological polar surface area (TPSA) is 74.6 Å². The maximum atomic E-state index is 6.81. The molecule has 0 bridgehead atoms. The Bertz CT molecular complexity index is 237. The average Bonchev–Trinajstić information content (AvgIpc) is 2.05.